The molecule has 1 atom stereocenters. The lowest BCUT2D eigenvalue weighted by atomic mass is 10.0. The first-order valence-corrected chi connectivity index (χ1v) is 6.63. The summed E-state index contributed by atoms with van der Waals surface area (Å²) >= 11 is 0. The molecular formula is C14H23N3O. The molecular weight excluding hydrogens is 226 g/mol. The molecule has 1 heterocycles. The molecule has 1 aliphatic heterocycles. The Bertz CT molecular complexity index is 389. The van der Waals surface area contributed by atoms with E-state index in [9.17, 15) is 0 Å². The zero-order valence-corrected chi connectivity index (χ0v) is 11.3. The molecule has 0 aromatic heterocycles. The SMILES string of the molecule is CCc1cc(C(N)N2CCNCC2)ccc1OC. The number of piperazine rings is 1. The Kier molecular flexibility index (Phi) is 4.58. The van der Waals surface area contributed by atoms with Gasteiger partial charge in [-0.15, -0.1) is 0 Å². The van der Waals surface area contributed by atoms with Gasteiger partial charge in [0.05, 0.1) is 13.3 Å². The molecule has 1 fully saturated rings. The maximum absolute atomic E-state index is 6.34. The van der Waals surface area contributed by atoms with Crippen LogP contribution in [0, 0.1) is 0 Å². The second-order valence-electron chi connectivity index (χ2n) is 4.66. The van der Waals surface area contributed by atoms with Crippen LogP contribution in [0.5, 0.6) is 5.75 Å². The highest BCUT2D eigenvalue weighted by molar-refractivity contribution is 5.38. The minimum absolute atomic E-state index is 0.0108. The van der Waals surface area contributed by atoms with E-state index < -0.39 is 0 Å². The summed E-state index contributed by atoms with van der Waals surface area (Å²) in [5, 5.41) is 3.34. The van der Waals surface area contributed by atoms with Crippen molar-refractivity contribution in [2.45, 2.75) is 19.5 Å². The number of methoxy groups -OCH3 is 1. The Morgan fingerprint density at radius 3 is 2.72 bits per heavy atom. The summed E-state index contributed by atoms with van der Waals surface area (Å²) in [6.45, 7) is 6.19. The standard InChI is InChI=1S/C14H23N3O/c1-3-11-10-12(4-5-13(11)18-2)14(15)17-8-6-16-7-9-17/h4-5,10,14,16H,3,6-9,15H2,1-2H3. The summed E-state index contributed by atoms with van der Waals surface area (Å²) in [6.07, 6.45) is 0.953. The van der Waals surface area contributed by atoms with Crippen LogP contribution in [0.4, 0.5) is 0 Å². The second-order valence-corrected chi connectivity index (χ2v) is 4.66. The number of nitrogens with two attached hydrogens (primary N) is 1. The first-order valence-electron chi connectivity index (χ1n) is 6.63. The molecule has 18 heavy (non-hydrogen) atoms. The van der Waals surface area contributed by atoms with Crippen LogP contribution >= 0.6 is 0 Å². The van der Waals surface area contributed by atoms with Crippen molar-refractivity contribution in [2.24, 2.45) is 5.73 Å². The highest BCUT2D eigenvalue weighted by atomic mass is 16.5. The predicted molar refractivity (Wildman–Crippen MR) is 73.7 cm³/mol. The lowest BCUT2D eigenvalue weighted by Gasteiger charge is -2.33. The van der Waals surface area contributed by atoms with Gasteiger partial charge in [0.15, 0.2) is 0 Å². The average Bonchev–Trinajstić information content (AvgIpc) is 2.46. The Morgan fingerprint density at radius 2 is 2.11 bits per heavy atom. The van der Waals surface area contributed by atoms with Crippen LogP contribution in [-0.4, -0.2) is 38.2 Å². The van der Waals surface area contributed by atoms with Crippen LogP contribution < -0.4 is 15.8 Å². The summed E-state index contributed by atoms with van der Waals surface area (Å²) in [5.74, 6) is 0.953. The number of nitrogens with zero attached hydrogens (tertiary/aromatic N) is 1. The van der Waals surface area contributed by atoms with E-state index in [4.69, 9.17) is 10.5 Å². The van der Waals surface area contributed by atoms with E-state index in [0.717, 1.165) is 38.3 Å². The molecule has 2 rings (SSSR count). The van der Waals surface area contributed by atoms with Crippen molar-refractivity contribution in [2.75, 3.05) is 33.3 Å². The highest BCUT2D eigenvalue weighted by Crippen LogP contribution is 2.24. The quantitative estimate of drug-likeness (QED) is 0.839. The maximum Gasteiger partial charge on any atom is 0.122 e. The van der Waals surface area contributed by atoms with Crippen molar-refractivity contribution in [1.29, 1.82) is 0 Å². The van der Waals surface area contributed by atoms with Gasteiger partial charge in [0.1, 0.15) is 5.75 Å². The normalized spacial score (nSPS) is 18.6. The molecule has 0 spiro atoms. The Hall–Kier alpha value is -1.10. The zero-order valence-electron chi connectivity index (χ0n) is 11.3. The summed E-state index contributed by atoms with van der Waals surface area (Å²) in [4.78, 5) is 2.32. The molecule has 1 saturated heterocycles. The predicted octanol–water partition coefficient (Wildman–Crippen LogP) is 1.12. The van der Waals surface area contributed by atoms with Gasteiger partial charge in [-0.25, -0.2) is 0 Å². The van der Waals surface area contributed by atoms with Gasteiger partial charge < -0.3 is 15.8 Å². The van der Waals surface area contributed by atoms with Crippen molar-refractivity contribution in [3.8, 4) is 5.75 Å². The average molecular weight is 249 g/mol. The summed E-state index contributed by atoms with van der Waals surface area (Å²) < 4.78 is 5.35. The monoisotopic (exact) mass is 249 g/mol. The molecule has 0 radical (unpaired) electrons. The molecule has 1 aromatic carbocycles. The van der Waals surface area contributed by atoms with E-state index in [-0.39, 0.29) is 6.17 Å². The first-order chi connectivity index (χ1) is 8.76. The Morgan fingerprint density at radius 1 is 1.39 bits per heavy atom. The van der Waals surface area contributed by atoms with Gasteiger partial charge in [0.25, 0.3) is 0 Å². The number of aryl methyl sites for hydroxylation is 1. The lowest BCUT2D eigenvalue weighted by Crippen LogP contribution is -2.47. The van der Waals surface area contributed by atoms with Crippen LogP contribution in [0.15, 0.2) is 18.2 Å². The molecule has 100 valence electrons. The topological polar surface area (TPSA) is 50.5 Å². The van der Waals surface area contributed by atoms with Gasteiger partial charge in [-0.1, -0.05) is 13.0 Å². The highest BCUT2D eigenvalue weighted by Gasteiger charge is 2.19. The smallest absolute Gasteiger partial charge is 0.122 e. The Balaban J connectivity index is 2.16. The van der Waals surface area contributed by atoms with Crippen LogP contribution in [0.1, 0.15) is 24.2 Å². The van der Waals surface area contributed by atoms with Crippen LogP contribution in [-0.2, 0) is 6.42 Å². The van der Waals surface area contributed by atoms with Gasteiger partial charge in [0, 0.05) is 26.2 Å². The maximum atomic E-state index is 6.34. The number of benzene rings is 1. The van der Waals surface area contributed by atoms with Crippen LogP contribution in [0.2, 0.25) is 0 Å². The van der Waals surface area contributed by atoms with Crippen molar-refractivity contribution in [3.63, 3.8) is 0 Å². The summed E-state index contributed by atoms with van der Waals surface area (Å²) in [6, 6.07) is 6.27. The molecule has 0 saturated carbocycles. The minimum Gasteiger partial charge on any atom is -0.496 e. The zero-order chi connectivity index (χ0) is 13.0. The third-order valence-electron chi connectivity index (χ3n) is 3.57. The molecule has 1 aromatic rings. The third-order valence-corrected chi connectivity index (χ3v) is 3.57. The van der Waals surface area contributed by atoms with E-state index in [0.29, 0.717) is 0 Å². The first kappa shape index (κ1) is 13.3. The van der Waals surface area contributed by atoms with Crippen molar-refractivity contribution < 1.29 is 4.74 Å². The van der Waals surface area contributed by atoms with Gasteiger partial charge in [-0.3, -0.25) is 4.90 Å². The third kappa shape index (κ3) is 2.83. The minimum atomic E-state index is -0.0108. The van der Waals surface area contributed by atoms with E-state index in [2.05, 4.69) is 29.3 Å². The van der Waals surface area contributed by atoms with E-state index in [1.807, 2.05) is 6.07 Å². The number of hydrogen-bond donors (Lipinski definition) is 2. The molecule has 0 bridgehead atoms. The molecule has 3 N–H and O–H groups in total. The van der Waals surface area contributed by atoms with Crippen molar-refractivity contribution in [3.05, 3.63) is 29.3 Å². The van der Waals surface area contributed by atoms with Gasteiger partial charge in [0.2, 0.25) is 0 Å². The summed E-state index contributed by atoms with van der Waals surface area (Å²) in [5.41, 5.74) is 8.74. The molecule has 0 amide bonds. The molecule has 1 unspecified atom stereocenters. The van der Waals surface area contributed by atoms with Gasteiger partial charge in [-0.2, -0.15) is 0 Å². The molecule has 4 heteroatoms. The van der Waals surface area contributed by atoms with Crippen molar-refractivity contribution in [1.82, 2.24) is 10.2 Å². The van der Waals surface area contributed by atoms with Gasteiger partial charge in [-0.05, 0) is 29.7 Å². The molecule has 1 aliphatic rings. The lowest BCUT2D eigenvalue weighted by molar-refractivity contribution is 0.177. The van der Waals surface area contributed by atoms with E-state index >= 15 is 0 Å². The molecule has 0 aliphatic carbocycles. The fourth-order valence-corrected chi connectivity index (χ4v) is 2.43. The van der Waals surface area contributed by atoms with Crippen molar-refractivity contribution >= 4 is 0 Å². The van der Waals surface area contributed by atoms with Gasteiger partial charge >= 0.3 is 0 Å². The van der Waals surface area contributed by atoms with E-state index in [1.165, 1.54) is 11.1 Å². The fourth-order valence-electron chi connectivity index (χ4n) is 2.43. The summed E-state index contributed by atoms with van der Waals surface area (Å²) in [7, 11) is 1.71. The number of nitrogens with one attached hydrogen (secondary N) is 1. The largest absolute Gasteiger partial charge is 0.496 e. The number of ether oxygens (including phenoxy) is 1. The fraction of sp³-hybridized carbons (Fsp3) is 0.571. The van der Waals surface area contributed by atoms with Crippen LogP contribution in [0.25, 0.3) is 0 Å². The second kappa shape index (κ2) is 6.18. The van der Waals surface area contributed by atoms with Crippen LogP contribution in [0.3, 0.4) is 0 Å². The number of hydrogen-bond acceptors (Lipinski definition) is 4. The van der Waals surface area contributed by atoms with E-state index in [1.54, 1.807) is 7.11 Å². The molecule has 4 nitrogen and oxygen atoms in total. The number of rotatable bonds is 4. The Labute approximate surface area is 109 Å².